The van der Waals surface area contributed by atoms with E-state index in [4.69, 9.17) is 11.6 Å². The number of thioether (sulfide) groups is 1. The SMILES string of the molecule is O=C(CC1CN[C@H](C(=O)N2CCSC2)C1)NCc1ccc(Cl)cc1. The molecule has 7 heteroatoms. The second-order valence-corrected chi connectivity index (χ2v) is 7.82. The first kappa shape index (κ1) is 17.6. The van der Waals surface area contributed by atoms with E-state index in [9.17, 15) is 9.59 Å². The fourth-order valence-corrected chi connectivity index (χ4v) is 4.18. The molecule has 1 aromatic carbocycles. The zero-order valence-corrected chi connectivity index (χ0v) is 15.0. The van der Waals surface area contributed by atoms with Crippen LogP contribution in [0.2, 0.25) is 5.02 Å². The van der Waals surface area contributed by atoms with E-state index in [1.807, 2.05) is 29.2 Å². The summed E-state index contributed by atoms with van der Waals surface area (Å²) in [6.07, 6.45) is 1.20. The second kappa shape index (κ2) is 8.23. The zero-order valence-electron chi connectivity index (χ0n) is 13.5. The van der Waals surface area contributed by atoms with Gasteiger partial charge < -0.3 is 15.5 Å². The van der Waals surface area contributed by atoms with Gasteiger partial charge in [0.1, 0.15) is 0 Å². The summed E-state index contributed by atoms with van der Waals surface area (Å²) in [6, 6.07) is 7.32. The minimum Gasteiger partial charge on any atom is -0.352 e. The molecule has 2 aliphatic heterocycles. The molecule has 2 fully saturated rings. The number of halogens is 1. The molecule has 2 N–H and O–H groups in total. The first-order chi connectivity index (χ1) is 11.6. The summed E-state index contributed by atoms with van der Waals surface area (Å²) in [7, 11) is 0. The third-order valence-corrected chi connectivity index (χ3v) is 5.68. The lowest BCUT2D eigenvalue weighted by Crippen LogP contribution is -2.42. The van der Waals surface area contributed by atoms with Gasteiger partial charge in [-0.2, -0.15) is 0 Å². The Kier molecular flexibility index (Phi) is 6.03. The van der Waals surface area contributed by atoms with Gasteiger partial charge in [0.25, 0.3) is 0 Å². The largest absolute Gasteiger partial charge is 0.352 e. The van der Waals surface area contributed by atoms with Crippen molar-refractivity contribution in [2.45, 2.75) is 25.4 Å². The minimum atomic E-state index is -0.127. The first-order valence-electron chi connectivity index (χ1n) is 8.23. The molecule has 2 amide bonds. The van der Waals surface area contributed by atoms with Crippen molar-refractivity contribution in [1.82, 2.24) is 15.5 Å². The zero-order chi connectivity index (χ0) is 16.9. The smallest absolute Gasteiger partial charge is 0.240 e. The van der Waals surface area contributed by atoms with Crippen LogP contribution >= 0.6 is 23.4 Å². The summed E-state index contributed by atoms with van der Waals surface area (Å²) in [5.74, 6) is 2.25. The van der Waals surface area contributed by atoms with Crippen LogP contribution in [0.25, 0.3) is 0 Å². The molecular weight excluding hydrogens is 346 g/mol. The van der Waals surface area contributed by atoms with Gasteiger partial charge in [0.15, 0.2) is 0 Å². The summed E-state index contributed by atoms with van der Waals surface area (Å²) < 4.78 is 0. The highest BCUT2D eigenvalue weighted by Gasteiger charge is 2.34. The van der Waals surface area contributed by atoms with Gasteiger partial charge in [0.2, 0.25) is 11.8 Å². The van der Waals surface area contributed by atoms with Crippen LogP contribution in [0, 0.1) is 5.92 Å². The number of nitrogens with one attached hydrogen (secondary N) is 2. The van der Waals surface area contributed by atoms with Crippen LogP contribution in [0.15, 0.2) is 24.3 Å². The molecule has 2 heterocycles. The molecule has 0 bridgehead atoms. The summed E-state index contributed by atoms with van der Waals surface area (Å²) in [5.41, 5.74) is 1.02. The maximum atomic E-state index is 12.4. The molecule has 1 aromatic rings. The van der Waals surface area contributed by atoms with E-state index < -0.39 is 0 Å². The van der Waals surface area contributed by atoms with Crippen LogP contribution in [0.4, 0.5) is 0 Å². The fraction of sp³-hybridized carbons (Fsp3) is 0.529. The van der Waals surface area contributed by atoms with E-state index in [-0.39, 0.29) is 23.8 Å². The lowest BCUT2D eigenvalue weighted by atomic mass is 10.0. The predicted octanol–water partition coefficient (Wildman–Crippen LogP) is 1.86. The van der Waals surface area contributed by atoms with E-state index in [0.29, 0.717) is 18.0 Å². The van der Waals surface area contributed by atoms with Crippen LogP contribution in [-0.2, 0) is 16.1 Å². The monoisotopic (exact) mass is 367 g/mol. The van der Waals surface area contributed by atoms with E-state index >= 15 is 0 Å². The van der Waals surface area contributed by atoms with E-state index in [1.54, 1.807) is 11.8 Å². The lowest BCUT2D eigenvalue weighted by molar-refractivity contribution is -0.131. The Bertz CT molecular complexity index is 590. The van der Waals surface area contributed by atoms with Crippen molar-refractivity contribution in [2.75, 3.05) is 24.7 Å². The maximum absolute atomic E-state index is 12.4. The number of amides is 2. The highest BCUT2D eigenvalue weighted by molar-refractivity contribution is 7.99. The Morgan fingerprint density at radius 3 is 2.83 bits per heavy atom. The molecular formula is C17H22ClN3O2S. The van der Waals surface area contributed by atoms with Gasteiger partial charge in [0.05, 0.1) is 11.9 Å². The number of carbonyl (C=O) groups excluding carboxylic acids is 2. The van der Waals surface area contributed by atoms with Crippen molar-refractivity contribution in [3.05, 3.63) is 34.9 Å². The molecule has 0 aromatic heterocycles. The van der Waals surface area contributed by atoms with Crippen LogP contribution in [0.5, 0.6) is 0 Å². The van der Waals surface area contributed by atoms with Crippen LogP contribution < -0.4 is 10.6 Å². The van der Waals surface area contributed by atoms with E-state index in [2.05, 4.69) is 10.6 Å². The summed E-state index contributed by atoms with van der Waals surface area (Å²) in [6.45, 7) is 2.07. The molecule has 2 aliphatic rings. The predicted molar refractivity (Wildman–Crippen MR) is 96.9 cm³/mol. The summed E-state index contributed by atoms with van der Waals surface area (Å²) >= 11 is 7.64. The molecule has 0 radical (unpaired) electrons. The summed E-state index contributed by atoms with van der Waals surface area (Å²) in [4.78, 5) is 26.4. The first-order valence-corrected chi connectivity index (χ1v) is 9.76. The van der Waals surface area contributed by atoms with Crippen LogP contribution in [0.1, 0.15) is 18.4 Å². The number of carbonyl (C=O) groups is 2. The van der Waals surface area contributed by atoms with E-state index in [0.717, 1.165) is 36.7 Å². The van der Waals surface area contributed by atoms with Gasteiger partial charge >= 0.3 is 0 Å². The van der Waals surface area contributed by atoms with Crippen molar-refractivity contribution in [3.8, 4) is 0 Å². The third-order valence-electron chi connectivity index (χ3n) is 4.46. The molecule has 1 unspecified atom stereocenters. The molecule has 0 spiro atoms. The van der Waals surface area contributed by atoms with E-state index in [1.165, 1.54) is 0 Å². The van der Waals surface area contributed by atoms with Crippen molar-refractivity contribution >= 4 is 35.2 Å². The quantitative estimate of drug-likeness (QED) is 0.833. The van der Waals surface area contributed by atoms with Crippen molar-refractivity contribution in [3.63, 3.8) is 0 Å². The van der Waals surface area contributed by atoms with Gasteiger partial charge in [-0.1, -0.05) is 23.7 Å². The van der Waals surface area contributed by atoms with Gasteiger partial charge in [0, 0.05) is 30.3 Å². The van der Waals surface area contributed by atoms with Gasteiger partial charge in [-0.05, 0) is 36.6 Å². The molecule has 24 heavy (non-hydrogen) atoms. The molecule has 0 aliphatic carbocycles. The molecule has 3 rings (SSSR count). The average molecular weight is 368 g/mol. The Hall–Kier alpha value is -1.24. The fourth-order valence-electron chi connectivity index (χ4n) is 3.10. The number of benzene rings is 1. The van der Waals surface area contributed by atoms with Crippen LogP contribution in [0.3, 0.4) is 0 Å². The number of hydrogen-bond donors (Lipinski definition) is 2. The Balaban J connectivity index is 1.40. The molecule has 130 valence electrons. The number of nitrogens with zero attached hydrogens (tertiary/aromatic N) is 1. The topological polar surface area (TPSA) is 61.4 Å². The van der Waals surface area contributed by atoms with Gasteiger partial charge in [-0.15, -0.1) is 11.8 Å². The van der Waals surface area contributed by atoms with Gasteiger partial charge in [-0.3, -0.25) is 9.59 Å². The molecule has 5 nitrogen and oxygen atoms in total. The maximum Gasteiger partial charge on any atom is 0.240 e. The highest BCUT2D eigenvalue weighted by Crippen LogP contribution is 2.22. The van der Waals surface area contributed by atoms with Crippen LogP contribution in [-0.4, -0.2) is 47.5 Å². The minimum absolute atomic E-state index is 0.0292. The molecule has 0 saturated carbocycles. The van der Waals surface area contributed by atoms with Crippen molar-refractivity contribution < 1.29 is 9.59 Å². The van der Waals surface area contributed by atoms with Crippen molar-refractivity contribution in [1.29, 1.82) is 0 Å². The summed E-state index contributed by atoms with van der Waals surface area (Å²) in [5, 5.41) is 6.90. The molecule has 2 atom stereocenters. The number of hydrogen-bond acceptors (Lipinski definition) is 4. The second-order valence-electron chi connectivity index (χ2n) is 6.31. The lowest BCUT2D eigenvalue weighted by Gasteiger charge is -2.19. The Morgan fingerprint density at radius 1 is 1.33 bits per heavy atom. The molecule has 2 saturated heterocycles. The normalized spacial score (nSPS) is 23.5. The third kappa shape index (κ3) is 4.65. The Labute approximate surface area is 151 Å². The Morgan fingerprint density at radius 2 is 2.12 bits per heavy atom. The van der Waals surface area contributed by atoms with Gasteiger partial charge in [-0.25, -0.2) is 0 Å². The van der Waals surface area contributed by atoms with Crippen molar-refractivity contribution in [2.24, 2.45) is 5.92 Å². The average Bonchev–Trinajstić information content (AvgIpc) is 3.25. The highest BCUT2D eigenvalue weighted by atomic mass is 35.5. The standard InChI is InChI=1S/C17H22ClN3O2S/c18-14-3-1-12(2-4-14)9-20-16(22)8-13-7-15(19-10-13)17(23)21-5-6-24-11-21/h1-4,13,15,19H,5-11H2,(H,20,22)/t13?,15-/m0/s1. The number of rotatable bonds is 5.